The van der Waals surface area contributed by atoms with Gasteiger partial charge in [-0.25, -0.2) is 8.42 Å². The predicted molar refractivity (Wildman–Crippen MR) is 105 cm³/mol. The highest BCUT2D eigenvalue weighted by atomic mass is 32.2. The Labute approximate surface area is 155 Å². The van der Waals surface area contributed by atoms with E-state index in [0.717, 1.165) is 17.5 Å². The lowest BCUT2D eigenvalue weighted by Crippen LogP contribution is -2.27. The van der Waals surface area contributed by atoms with Gasteiger partial charge in [0.2, 0.25) is 0 Å². The van der Waals surface area contributed by atoms with Crippen molar-refractivity contribution in [3.8, 4) is 0 Å². The quantitative estimate of drug-likeness (QED) is 0.775. The predicted octanol–water partition coefficient (Wildman–Crippen LogP) is 3.74. The molecule has 0 radical (unpaired) electrons. The maximum atomic E-state index is 12.8. The van der Waals surface area contributed by atoms with Crippen molar-refractivity contribution in [2.24, 2.45) is 5.92 Å². The van der Waals surface area contributed by atoms with Crippen LogP contribution in [-0.2, 0) is 16.4 Å². The van der Waals surface area contributed by atoms with Crippen LogP contribution >= 0.6 is 0 Å². The first-order chi connectivity index (χ1) is 12.2. The molecule has 2 rings (SSSR count). The van der Waals surface area contributed by atoms with Crippen LogP contribution in [0, 0.1) is 12.8 Å². The second-order valence-corrected chi connectivity index (χ2v) is 8.38. The molecular weight excluding hydrogens is 348 g/mol. The van der Waals surface area contributed by atoms with Crippen molar-refractivity contribution in [3.63, 3.8) is 0 Å². The van der Waals surface area contributed by atoms with Gasteiger partial charge in [-0.05, 0) is 48.6 Å². The molecule has 0 saturated carbocycles. The minimum absolute atomic E-state index is 0.0694. The van der Waals surface area contributed by atoms with E-state index >= 15 is 0 Å². The highest BCUT2D eigenvalue weighted by Gasteiger charge is 2.18. The summed E-state index contributed by atoms with van der Waals surface area (Å²) in [5, 5.41) is 2.80. The maximum Gasteiger partial charge on any atom is 0.261 e. The van der Waals surface area contributed by atoms with Crippen LogP contribution < -0.4 is 10.0 Å². The minimum Gasteiger partial charge on any atom is -0.352 e. The topological polar surface area (TPSA) is 75.3 Å². The van der Waals surface area contributed by atoms with Gasteiger partial charge in [0, 0.05) is 12.1 Å². The lowest BCUT2D eigenvalue weighted by Gasteiger charge is -2.15. The van der Waals surface area contributed by atoms with Gasteiger partial charge in [0.15, 0.2) is 0 Å². The van der Waals surface area contributed by atoms with Crippen LogP contribution in [0.3, 0.4) is 0 Å². The second-order valence-electron chi connectivity index (χ2n) is 6.70. The molecule has 2 aromatic rings. The Kier molecular flexibility index (Phi) is 6.42. The summed E-state index contributed by atoms with van der Waals surface area (Å²) in [7, 11) is -3.79. The summed E-state index contributed by atoms with van der Waals surface area (Å²) in [6, 6.07) is 11.8. The number of amides is 1. The van der Waals surface area contributed by atoms with Gasteiger partial charge in [-0.3, -0.25) is 9.52 Å². The summed E-state index contributed by atoms with van der Waals surface area (Å²) in [5.41, 5.74) is 2.72. The molecule has 140 valence electrons. The average molecular weight is 375 g/mol. The summed E-state index contributed by atoms with van der Waals surface area (Å²) in [5.74, 6) is 0.0435. The number of hydrogen-bond acceptors (Lipinski definition) is 3. The fourth-order valence-corrected chi connectivity index (χ4v) is 3.78. The Morgan fingerprint density at radius 2 is 1.81 bits per heavy atom. The Bertz CT molecular complexity index is 890. The normalized spacial score (nSPS) is 11.4. The van der Waals surface area contributed by atoms with E-state index < -0.39 is 10.0 Å². The fourth-order valence-electron chi connectivity index (χ4n) is 2.57. The van der Waals surface area contributed by atoms with Crippen molar-refractivity contribution in [1.82, 2.24) is 5.32 Å². The third-order valence-corrected chi connectivity index (χ3v) is 5.40. The van der Waals surface area contributed by atoms with Gasteiger partial charge in [-0.2, -0.15) is 0 Å². The van der Waals surface area contributed by atoms with Crippen molar-refractivity contribution in [2.75, 3.05) is 11.3 Å². The number of carbonyl (C=O) groups is 1. The van der Waals surface area contributed by atoms with Gasteiger partial charge < -0.3 is 5.32 Å². The SMILES string of the molecule is CCc1cccc(C)c1NS(=O)(=O)c1cccc(C(=O)NCC(C)C)c1. The molecule has 0 aromatic heterocycles. The van der Waals surface area contributed by atoms with Gasteiger partial charge in [0.05, 0.1) is 10.6 Å². The van der Waals surface area contributed by atoms with Gasteiger partial charge >= 0.3 is 0 Å². The number of rotatable bonds is 7. The molecule has 0 unspecified atom stereocenters. The molecule has 0 aliphatic carbocycles. The van der Waals surface area contributed by atoms with Gasteiger partial charge in [0.25, 0.3) is 15.9 Å². The highest BCUT2D eigenvalue weighted by Crippen LogP contribution is 2.25. The van der Waals surface area contributed by atoms with Crippen LogP contribution in [0.4, 0.5) is 5.69 Å². The van der Waals surface area contributed by atoms with E-state index in [1.165, 1.54) is 12.1 Å². The van der Waals surface area contributed by atoms with Crippen LogP contribution in [-0.4, -0.2) is 20.9 Å². The molecule has 2 aromatic carbocycles. The second kappa shape index (κ2) is 8.36. The van der Waals surface area contributed by atoms with E-state index in [1.807, 2.05) is 45.9 Å². The Morgan fingerprint density at radius 1 is 1.12 bits per heavy atom. The summed E-state index contributed by atoms with van der Waals surface area (Å²) < 4.78 is 28.3. The number of hydrogen-bond donors (Lipinski definition) is 2. The lowest BCUT2D eigenvalue weighted by molar-refractivity contribution is 0.0949. The van der Waals surface area contributed by atoms with E-state index in [4.69, 9.17) is 0 Å². The number of para-hydroxylation sites is 1. The number of anilines is 1. The van der Waals surface area contributed by atoms with Crippen molar-refractivity contribution in [1.29, 1.82) is 0 Å². The number of benzene rings is 2. The van der Waals surface area contributed by atoms with Crippen LogP contribution in [0.15, 0.2) is 47.4 Å². The maximum absolute atomic E-state index is 12.8. The Balaban J connectivity index is 2.30. The summed E-state index contributed by atoms with van der Waals surface area (Å²) in [6.45, 7) is 8.38. The molecule has 2 N–H and O–H groups in total. The molecule has 6 heteroatoms. The van der Waals surface area contributed by atoms with Crippen LogP contribution in [0.2, 0.25) is 0 Å². The van der Waals surface area contributed by atoms with Gasteiger partial charge in [0.1, 0.15) is 0 Å². The largest absolute Gasteiger partial charge is 0.352 e. The van der Waals surface area contributed by atoms with Crippen LogP contribution in [0.1, 0.15) is 42.3 Å². The number of nitrogens with one attached hydrogen (secondary N) is 2. The number of aryl methyl sites for hydroxylation is 2. The third kappa shape index (κ3) is 4.85. The smallest absolute Gasteiger partial charge is 0.261 e. The van der Waals surface area contributed by atoms with Crippen molar-refractivity contribution in [3.05, 3.63) is 59.2 Å². The molecule has 0 aliphatic rings. The minimum atomic E-state index is -3.79. The Morgan fingerprint density at radius 3 is 2.46 bits per heavy atom. The van der Waals surface area contributed by atoms with E-state index in [9.17, 15) is 13.2 Å². The zero-order chi connectivity index (χ0) is 19.3. The summed E-state index contributed by atoms with van der Waals surface area (Å²) in [4.78, 5) is 12.3. The first kappa shape index (κ1) is 20.0. The first-order valence-corrected chi connectivity index (χ1v) is 10.2. The zero-order valence-electron chi connectivity index (χ0n) is 15.7. The standard InChI is InChI=1S/C20H26N2O3S/c1-5-16-9-6-8-15(4)19(16)22-26(24,25)18-11-7-10-17(12-18)20(23)21-13-14(2)3/h6-12,14,22H,5,13H2,1-4H3,(H,21,23). The molecule has 0 saturated heterocycles. The van der Waals surface area contributed by atoms with E-state index in [-0.39, 0.29) is 10.8 Å². The van der Waals surface area contributed by atoms with Crippen molar-refractivity contribution >= 4 is 21.6 Å². The van der Waals surface area contributed by atoms with E-state index in [2.05, 4.69) is 10.0 Å². The van der Waals surface area contributed by atoms with Crippen molar-refractivity contribution < 1.29 is 13.2 Å². The van der Waals surface area contributed by atoms with Crippen LogP contribution in [0.5, 0.6) is 0 Å². The van der Waals surface area contributed by atoms with Gasteiger partial charge in [-0.15, -0.1) is 0 Å². The average Bonchev–Trinajstić information content (AvgIpc) is 2.61. The zero-order valence-corrected chi connectivity index (χ0v) is 16.5. The molecule has 0 heterocycles. The number of sulfonamides is 1. The molecule has 1 amide bonds. The third-order valence-electron chi connectivity index (χ3n) is 4.05. The molecule has 5 nitrogen and oxygen atoms in total. The monoisotopic (exact) mass is 374 g/mol. The molecular formula is C20H26N2O3S. The summed E-state index contributed by atoms with van der Waals surface area (Å²) in [6.07, 6.45) is 0.719. The van der Waals surface area contributed by atoms with E-state index in [0.29, 0.717) is 23.7 Å². The Hall–Kier alpha value is -2.34. The molecule has 0 spiro atoms. The van der Waals surface area contributed by atoms with Crippen molar-refractivity contribution in [2.45, 2.75) is 39.0 Å². The highest BCUT2D eigenvalue weighted by molar-refractivity contribution is 7.92. The lowest BCUT2D eigenvalue weighted by atomic mass is 10.1. The van der Waals surface area contributed by atoms with Gasteiger partial charge in [-0.1, -0.05) is 45.0 Å². The molecule has 26 heavy (non-hydrogen) atoms. The van der Waals surface area contributed by atoms with Crippen LogP contribution in [0.25, 0.3) is 0 Å². The molecule has 0 atom stereocenters. The summed E-state index contributed by atoms with van der Waals surface area (Å²) >= 11 is 0. The first-order valence-electron chi connectivity index (χ1n) is 8.74. The number of carbonyl (C=O) groups excluding carboxylic acids is 1. The molecule has 0 bridgehead atoms. The molecule has 0 aliphatic heterocycles. The van der Waals surface area contributed by atoms with E-state index in [1.54, 1.807) is 12.1 Å². The molecule has 0 fully saturated rings. The fraction of sp³-hybridized carbons (Fsp3) is 0.350.